The lowest BCUT2D eigenvalue weighted by Crippen LogP contribution is -2.20. The van der Waals surface area contributed by atoms with Gasteiger partial charge in [-0.15, -0.1) is 0 Å². The number of nitrogens with zero attached hydrogens (tertiary/aromatic N) is 4. The van der Waals surface area contributed by atoms with E-state index in [-0.39, 0.29) is 17.0 Å². The first kappa shape index (κ1) is 15.7. The number of benzene rings is 1. The molecule has 0 atom stereocenters. The van der Waals surface area contributed by atoms with Crippen molar-refractivity contribution < 1.29 is 4.79 Å². The first-order valence-electron chi connectivity index (χ1n) is 7.90. The summed E-state index contributed by atoms with van der Waals surface area (Å²) in [6.07, 6.45) is 1.61. The lowest BCUT2D eigenvalue weighted by Gasteiger charge is -2.06. The Morgan fingerprint density at radius 1 is 1.08 bits per heavy atom. The van der Waals surface area contributed by atoms with Crippen LogP contribution in [-0.4, -0.2) is 37.5 Å². The Hall–Kier alpha value is -3.81. The molecule has 8 heteroatoms. The third-order valence-corrected chi connectivity index (χ3v) is 3.89. The Bertz CT molecular complexity index is 1150. The van der Waals surface area contributed by atoms with Crippen LogP contribution in [0.2, 0.25) is 0 Å². The highest BCUT2D eigenvalue weighted by atomic mass is 16.2. The Morgan fingerprint density at radius 3 is 2.54 bits per heavy atom. The highest BCUT2D eigenvalue weighted by molar-refractivity contribution is 6.02. The maximum absolute atomic E-state index is 12.5. The van der Waals surface area contributed by atoms with Gasteiger partial charge in [-0.05, 0) is 24.3 Å². The Morgan fingerprint density at radius 2 is 1.85 bits per heavy atom. The summed E-state index contributed by atoms with van der Waals surface area (Å²) in [5.41, 5.74) is 1.42. The fourth-order valence-electron chi connectivity index (χ4n) is 2.69. The molecule has 3 aromatic heterocycles. The van der Waals surface area contributed by atoms with E-state index in [4.69, 9.17) is 0 Å². The Labute approximate surface area is 147 Å². The molecule has 2 N–H and O–H groups in total. The van der Waals surface area contributed by atoms with E-state index in [0.29, 0.717) is 17.0 Å². The second-order valence-electron chi connectivity index (χ2n) is 5.49. The van der Waals surface area contributed by atoms with E-state index in [1.807, 2.05) is 18.2 Å². The number of imidazole rings is 1. The number of aromatic nitrogens is 5. The minimum atomic E-state index is -0.420. The van der Waals surface area contributed by atoms with Crippen molar-refractivity contribution in [3.63, 3.8) is 0 Å². The molecule has 0 unspecified atom stereocenters. The van der Waals surface area contributed by atoms with Crippen LogP contribution >= 0.6 is 0 Å². The molecule has 4 aromatic rings. The predicted octanol–water partition coefficient (Wildman–Crippen LogP) is 1.53. The van der Waals surface area contributed by atoms with Crippen LogP contribution in [0.25, 0.3) is 28.4 Å². The highest BCUT2D eigenvalue weighted by Gasteiger charge is 2.21. The van der Waals surface area contributed by atoms with Crippen LogP contribution in [0.3, 0.4) is 0 Å². The number of H-pyrrole nitrogens is 1. The molecule has 0 saturated carbocycles. The molecule has 0 radical (unpaired) electrons. The second kappa shape index (κ2) is 6.25. The monoisotopic (exact) mass is 346 g/mol. The number of rotatable bonds is 3. The zero-order chi connectivity index (χ0) is 18.1. The van der Waals surface area contributed by atoms with Crippen LogP contribution in [0.1, 0.15) is 10.5 Å². The molecule has 1 amide bonds. The molecule has 3 heterocycles. The molecular weight excluding hydrogens is 332 g/mol. The molecule has 0 aliphatic rings. The average Bonchev–Trinajstić information content (AvgIpc) is 3.03. The molecule has 8 nitrogen and oxygen atoms in total. The van der Waals surface area contributed by atoms with Crippen LogP contribution in [0.4, 0.5) is 0 Å². The van der Waals surface area contributed by atoms with Gasteiger partial charge in [0.2, 0.25) is 0 Å². The average molecular weight is 346 g/mol. The molecule has 0 aliphatic heterocycles. The van der Waals surface area contributed by atoms with E-state index < -0.39 is 11.6 Å². The normalized spacial score (nSPS) is 10.8. The standard InChI is InChI=1S/C18H14N6O2/c1-19-17(25)14-13-16(23-15(21-14)12-9-5-6-10-20-12)24(18(26)22-13)11-7-3-2-4-8-11/h2-10H,1H3,(H,19,25)(H,22,26). The molecule has 0 fully saturated rings. The molecule has 0 saturated heterocycles. The van der Waals surface area contributed by atoms with Gasteiger partial charge in [0.1, 0.15) is 11.2 Å². The van der Waals surface area contributed by atoms with Crippen molar-refractivity contribution in [2.75, 3.05) is 7.05 Å². The van der Waals surface area contributed by atoms with Crippen LogP contribution in [0.15, 0.2) is 59.5 Å². The highest BCUT2D eigenvalue weighted by Crippen LogP contribution is 2.20. The molecule has 0 spiro atoms. The van der Waals surface area contributed by atoms with E-state index in [9.17, 15) is 9.59 Å². The van der Waals surface area contributed by atoms with Gasteiger partial charge in [0.15, 0.2) is 17.2 Å². The van der Waals surface area contributed by atoms with Crippen molar-refractivity contribution in [2.24, 2.45) is 0 Å². The summed E-state index contributed by atoms with van der Waals surface area (Å²) in [7, 11) is 1.50. The van der Waals surface area contributed by atoms with Gasteiger partial charge in [-0.1, -0.05) is 24.3 Å². The summed E-state index contributed by atoms with van der Waals surface area (Å²) in [5.74, 6) is -0.156. The van der Waals surface area contributed by atoms with Gasteiger partial charge < -0.3 is 10.3 Å². The van der Waals surface area contributed by atoms with Crippen LogP contribution in [-0.2, 0) is 0 Å². The minimum absolute atomic E-state index is 0.0879. The number of para-hydroxylation sites is 1. The van der Waals surface area contributed by atoms with Crippen LogP contribution in [0, 0.1) is 0 Å². The van der Waals surface area contributed by atoms with Crippen LogP contribution < -0.4 is 11.0 Å². The van der Waals surface area contributed by atoms with Gasteiger partial charge in [0.05, 0.1) is 5.69 Å². The lowest BCUT2D eigenvalue weighted by molar-refractivity contribution is 0.0960. The molecule has 0 aliphatic carbocycles. The number of hydrogen-bond acceptors (Lipinski definition) is 5. The fourth-order valence-corrected chi connectivity index (χ4v) is 2.69. The van der Waals surface area contributed by atoms with Crippen molar-refractivity contribution >= 4 is 17.1 Å². The van der Waals surface area contributed by atoms with Crippen molar-refractivity contribution in [3.8, 4) is 17.2 Å². The van der Waals surface area contributed by atoms with Gasteiger partial charge in [-0.25, -0.2) is 19.3 Å². The third kappa shape index (κ3) is 2.53. The molecule has 128 valence electrons. The lowest BCUT2D eigenvalue weighted by atomic mass is 10.2. The summed E-state index contributed by atoms with van der Waals surface area (Å²) in [4.78, 5) is 40.6. The van der Waals surface area contributed by atoms with Gasteiger partial charge in [-0.3, -0.25) is 9.78 Å². The first-order chi connectivity index (χ1) is 12.7. The number of carbonyl (C=O) groups excluding carboxylic acids is 1. The fraction of sp³-hybridized carbons (Fsp3) is 0.0556. The minimum Gasteiger partial charge on any atom is -0.354 e. The Balaban J connectivity index is 2.08. The first-order valence-corrected chi connectivity index (χ1v) is 7.90. The molecule has 26 heavy (non-hydrogen) atoms. The van der Waals surface area contributed by atoms with Crippen molar-refractivity contribution in [1.82, 2.24) is 29.8 Å². The molecule has 0 bridgehead atoms. The van der Waals surface area contributed by atoms with Crippen LogP contribution in [0.5, 0.6) is 0 Å². The molecule has 1 aromatic carbocycles. The van der Waals surface area contributed by atoms with E-state index in [2.05, 4.69) is 25.3 Å². The number of amides is 1. The maximum atomic E-state index is 12.5. The van der Waals surface area contributed by atoms with Gasteiger partial charge in [0.25, 0.3) is 5.91 Å². The van der Waals surface area contributed by atoms with E-state index in [1.165, 1.54) is 11.6 Å². The zero-order valence-electron chi connectivity index (χ0n) is 13.8. The zero-order valence-corrected chi connectivity index (χ0v) is 13.8. The number of pyridine rings is 1. The SMILES string of the molecule is CNC(=O)c1nc(-c2ccccn2)nc2c1[nH]c(=O)n2-c1ccccc1. The largest absolute Gasteiger partial charge is 0.354 e. The van der Waals surface area contributed by atoms with Crippen molar-refractivity contribution in [1.29, 1.82) is 0 Å². The summed E-state index contributed by atoms with van der Waals surface area (Å²) >= 11 is 0. The van der Waals surface area contributed by atoms with Crippen molar-refractivity contribution in [2.45, 2.75) is 0 Å². The summed E-state index contributed by atoms with van der Waals surface area (Å²) in [6.45, 7) is 0. The van der Waals surface area contributed by atoms with E-state index in [0.717, 1.165) is 0 Å². The van der Waals surface area contributed by atoms with Gasteiger partial charge in [-0.2, -0.15) is 0 Å². The number of hydrogen-bond donors (Lipinski definition) is 2. The summed E-state index contributed by atoms with van der Waals surface area (Å²) in [5, 5.41) is 2.54. The quantitative estimate of drug-likeness (QED) is 0.585. The predicted molar refractivity (Wildman–Crippen MR) is 96.1 cm³/mol. The van der Waals surface area contributed by atoms with E-state index >= 15 is 0 Å². The van der Waals surface area contributed by atoms with Gasteiger partial charge in [0, 0.05) is 13.2 Å². The Kier molecular flexibility index (Phi) is 3.77. The molecular formula is C18H14N6O2. The number of nitrogens with one attached hydrogen (secondary N) is 2. The van der Waals surface area contributed by atoms with Crippen molar-refractivity contribution in [3.05, 3.63) is 70.9 Å². The second-order valence-corrected chi connectivity index (χ2v) is 5.49. The van der Waals surface area contributed by atoms with E-state index in [1.54, 1.807) is 36.5 Å². The van der Waals surface area contributed by atoms with Gasteiger partial charge >= 0.3 is 5.69 Å². The number of aromatic amines is 1. The number of carbonyl (C=O) groups is 1. The third-order valence-electron chi connectivity index (χ3n) is 3.89. The maximum Gasteiger partial charge on any atom is 0.332 e. The summed E-state index contributed by atoms with van der Waals surface area (Å²) < 4.78 is 1.41. The molecule has 4 rings (SSSR count). The number of fused-ring (bicyclic) bond motifs is 1. The topological polar surface area (TPSA) is 106 Å². The smallest absolute Gasteiger partial charge is 0.332 e. The summed E-state index contributed by atoms with van der Waals surface area (Å²) in [6, 6.07) is 14.4.